The quantitative estimate of drug-likeness (QED) is 0.286. The van der Waals surface area contributed by atoms with Crippen molar-refractivity contribution in [3.8, 4) is 5.75 Å². The zero-order valence-electron chi connectivity index (χ0n) is 20.5. The third-order valence-electron chi connectivity index (χ3n) is 7.45. The van der Waals surface area contributed by atoms with Crippen LogP contribution in [0, 0.1) is 11.8 Å². The minimum Gasteiger partial charge on any atom is -0.492 e. The van der Waals surface area contributed by atoms with Gasteiger partial charge in [0.05, 0.1) is 6.54 Å². The molecule has 2 saturated heterocycles. The van der Waals surface area contributed by atoms with E-state index in [1.54, 1.807) is 0 Å². The number of hydrogen-bond donors (Lipinski definition) is 1. The van der Waals surface area contributed by atoms with Crippen LogP contribution in [0.4, 0.5) is 0 Å². The highest BCUT2D eigenvalue weighted by Crippen LogP contribution is 2.36. The molecule has 0 radical (unpaired) electrons. The molecule has 1 aliphatic carbocycles. The number of fused-ring (bicyclic) bond motifs is 1. The molecule has 33 heavy (non-hydrogen) atoms. The molecule has 0 aromatic heterocycles. The summed E-state index contributed by atoms with van der Waals surface area (Å²) in [7, 11) is 2.20. The molecule has 186 valence electrons. The van der Waals surface area contributed by atoms with Gasteiger partial charge in [-0.3, -0.25) is 4.90 Å². The zero-order valence-corrected chi connectivity index (χ0v) is 22.8. The van der Waals surface area contributed by atoms with E-state index in [2.05, 4.69) is 53.4 Å². The van der Waals surface area contributed by atoms with Gasteiger partial charge in [-0.25, -0.2) is 4.99 Å². The molecule has 2 heterocycles. The first-order chi connectivity index (χ1) is 15.7. The van der Waals surface area contributed by atoms with Crippen LogP contribution in [0.2, 0.25) is 0 Å². The molecule has 2 aliphatic heterocycles. The fraction of sp³-hybridized carbons (Fsp3) is 0.731. The molecule has 0 bridgehead atoms. The number of rotatable bonds is 8. The Morgan fingerprint density at radius 3 is 2.58 bits per heavy atom. The van der Waals surface area contributed by atoms with E-state index < -0.39 is 0 Å². The highest BCUT2D eigenvalue weighted by atomic mass is 127. The van der Waals surface area contributed by atoms with Crippen molar-refractivity contribution in [1.82, 2.24) is 15.1 Å². The maximum Gasteiger partial charge on any atom is 0.194 e. The molecule has 0 amide bonds. The number of ether oxygens (including phenoxy) is 2. The van der Waals surface area contributed by atoms with Crippen LogP contribution < -0.4 is 10.1 Å². The predicted molar refractivity (Wildman–Crippen MR) is 146 cm³/mol. The molecule has 4 rings (SSSR count). The second kappa shape index (κ2) is 13.7. The fourth-order valence-electron chi connectivity index (χ4n) is 5.52. The molecule has 1 saturated carbocycles. The number of benzene rings is 1. The predicted octanol–water partition coefficient (Wildman–Crippen LogP) is 4.38. The highest BCUT2D eigenvalue weighted by Gasteiger charge is 2.35. The van der Waals surface area contributed by atoms with Crippen molar-refractivity contribution in [2.24, 2.45) is 16.8 Å². The Hall–Kier alpha value is -1.06. The molecule has 7 heteroatoms. The number of nitrogens with one attached hydrogen (secondary N) is 1. The van der Waals surface area contributed by atoms with Gasteiger partial charge in [0.25, 0.3) is 0 Å². The van der Waals surface area contributed by atoms with Crippen molar-refractivity contribution in [1.29, 1.82) is 0 Å². The van der Waals surface area contributed by atoms with Gasteiger partial charge in [0, 0.05) is 45.4 Å². The SMILES string of the molecule is CCNC(=NCc1cccc(OCCN(C)C2CCOCC2)c1)N1CC2CCCCC2C1.I. The van der Waals surface area contributed by atoms with E-state index in [-0.39, 0.29) is 24.0 Å². The molecule has 1 aromatic carbocycles. The van der Waals surface area contributed by atoms with E-state index in [4.69, 9.17) is 14.5 Å². The molecule has 1 N–H and O–H groups in total. The minimum atomic E-state index is 0. The molecular formula is C26H43IN4O2. The smallest absolute Gasteiger partial charge is 0.194 e. The third kappa shape index (κ3) is 7.72. The molecular weight excluding hydrogens is 527 g/mol. The summed E-state index contributed by atoms with van der Waals surface area (Å²) >= 11 is 0. The first-order valence-corrected chi connectivity index (χ1v) is 12.8. The van der Waals surface area contributed by atoms with Gasteiger partial charge >= 0.3 is 0 Å². The Morgan fingerprint density at radius 2 is 1.88 bits per heavy atom. The van der Waals surface area contributed by atoms with Crippen LogP contribution in [0.3, 0.4) is 0 Å². The van der Waals surface area contributed by atoms with Gasteiger partial charge < -0.3 is 19.7 Å². The van der Waals surface area contributed by atoms with Gasteiger partial charge in [-0.05, 0) is 69.2 Å². The van der Waals surface area contributed by atoms with E-state index in [1.807, 2.05) is 0 Å². The Bertz CT molecular complexity index is 727. The summed E-state index contributed by atoms with van der Waals surface area (Å²) in [5.74, 6) is 3.74. The maximum absolute atomic E-state index is 6.08. The molecule has 1 aromatic rings. The third-order valence-corrected chi connectivity index (χ3v) is 7.45. The number of halogens is 1. The largest absolute Gasteiger partial charge is 0.492 e. The Labute approximate surface area is 217 Å². The standard InChI is InChI=1S/C26H42N4O2.HI/c1-3-27-26(30-19-22-8-4-5-9-23(22)20-30)28-18-21-7-6-10-25(17-21)32-16-13-29(2)24-11-14-31-15-12-24;/h6-7,10,17,22-24H,3-5,8-9,11-16,18-20H2,1-2H3,(H,27,28);1H. The average Bonchev–Trinajstić information content (AvgIpc) is 3.27. The monoisotopic (exact) mass is 570 g/mol. The zero-order chi connectivity index (χ0) is 22.2. The van der Waals surface area contributed by atoms with E-state index in [9.17, 15) is 0 Å². The van der Waals surface area contributed by atoms with Crippen molar-refractivity contribution in [2.45, 2.75) is 58.0 Å². The molecule has 2 unspecified atom stereocenters. The molecule has 3 fully saturated rings. The molecule has 2 atom stereocenters. The lowest BCUT2D eigenvalue weighted by Gasteiger charge is -2.31. The number of likely N-dealkylation sites (N-methyl/N-ethyl adjacent to an activating group) is 1. The minimum absolute atomic E-state index is 0. The van der Waals surface area contributed by atoms with Gasteiger partial charge in [-0.15, -0.1) is 24.0 Å². The van der Waals surface area contributed by atoms with E-state index in [0.717, 1.165) is 62.7 Å². The van der Waals surface area contributed by atoms with Crippen molar-refractivity contribution < 1.29 is 9.47 Å². The van der Waals surface area contributed by atoms with E-state index in [1.165, 1.54) is 44.3 Å². The van der Waals surface area contributed by atoms with Crippen LogP contribution >= 0.6 is 24.0 Å². The van der Waals surface area contributed by atoms with Crippen molar-refractivity contribution in [2.75, 3.05) is 53.0 Å². The van der Waals surface area contributed by atoms with Gasteiger partial charge in [0.2, 0.25) is 0 Å². The molecule has 0 spiro atoms. The lowest BCUT2D eigenvalue weighted by molar-refractivity contribution is 0.0392. The maximum atomic E-state index is 6.08. The van der Waals surface area contributed by atoms with Crippen molar-refractivity contribution >= 4 is 29.9 Å². The number of likely N-dealkylation sites (tertiary alicyclic amines) is 1. The van der Waals surface area contributed by atoms with Crippen LogP contribution in [-0.2, 0) is 11.3 Å². The van der Waals surface area contributed by atoms with Crippen molar-refractivity contribution in [3.63, 3.8) is 0 Å². The Morgan fingerprint density at radius 1 is 1.15 bits per heavy atom. The van der Waals surface area contributed by atoms with Crippen LogP contribution in [0.1, 0.15) is 51.0 Å². The summed E-state index contributed by atoms with van der Waals surface area (Å²) in [6, 6.07) is 9.05. The lowest BCUT2D eigenvalue weighted by atomic mass is 9.82. The topological polar surface area (TPSA) is 49.3 Å². The van der Waals surface area contributed by atoms with Crippen molar-refractivity contribution in [3.05, 3.63) is 29.8 Å². The Balaban J connectivity index is 0.00000306. The van der Waals surface area contributed by atoms with E-state index in [0.29, 0.717) is 19.2 Å². The Kier molecular flexibility index (Phi) is 11.0. The van der Waals surface area contributed by atoms with Crippen LogP contribution in [0.25, 0.3) is 0 Å². The fourth-order valence-corrected chi connectivity index (χ4v) is 5.52. The molecule has 6 nitrogen and oxygen atoms in total. The van der Waals surface area contributed by atoms with Gasteiger partial charge in [-0.1, -0.05) is 25.0 Å². The molecule has 3 aliphatic rings. The number of hydrogen-bond acceptors (Lipinski definition) is 4. The summed E-state index contributed by atoms with van der Waals surface area (Å²) in [5.41, 5.74) is 1.20. The van der Waals surface area contributed by atoms with Gasteiger partial charge in [0.15, 0.2) is 5.96 Å². The lowest BCUT2D eigenvalue weighted by Crippen LogP contribution is -2.40. The summed E-state index contributed by atoms with van der Waals surface area (Å²) < 4.78 is 11.6. The van der Waals surface area contributed by atoms with E-state index >= 15 is 0 Å². The number of aliphatic imine (C=N–C) groups is 1. The van der Waals surface area contributed by atoms with Gasteiger partial charge in [0.1, 0.15) is 12.4 Å². The second-order valence-corrected chi connectivity index (χ2v) is 9.70. The summed E-state index contributed by atoms with van der Waals surface area (Å²) in [6.45, 7) is 9.50. The van der Waals surface area contributed by atoms with Crippen LogP contribution in [0.5, 0.6) is 5.75 Å². The van der Waals surface area contributed by atoms with Crippen LogP contribution in [-0.4, -0.2) is 74.8 Å². The first kappa shape index (κ1) is 26.5. The second-order valence-electron chi connectivity index (χ2n) is 9.70. The summed E-state index contributed by atoms with van der Waals surface area (Å²) in [5, 5.41) is 3.53. The van der Waals surface area contributed by atoms with Gasteiger partial charge in [-0.2, -0.15) is 0 Å². The normalized spacial score (nSPS) is 23.8. The summed E-state index contributed by atoms with van der Waals surface area (Å²) in [4.78, 5) is 9.90. The summed E-state index contributed by atoms with van der Waals surface area (Å²) in [6.07, 6.45) is 7.83. The number of guanidine groups is 1. The highest BCUT2D eigenvalue weighted by molar-refractivity contribution is 14.0. The number of nitrogens with zero attached hydrogens (tertiary/aromatic N) is 3. The average molecular weight is 571 g/mol. The van der Waals surface area contributed by atoms with Crippen LogP contribution in [0.15, 0.2) is 29.3 Å². The first-order valence-electron chi connectivity index (χ1n) is 12.8.